The minimum atomic E-state index is -2.90. The van der Waals surface area contributed by atoms with Crippen molar-refractivity contribution in [3.8, 4) is 17.1 Å². The summed E-state index contributed by atoms with van der Waals surface area (Å²) < 4.78 is 47.1. The molecule has 4 aromatic rings. The zero-order chi connectivity index (χ0) is 24.2. The third-order valence-electron chi connectivity index (χ3n) is 4.87. The van der Waals surface area contributed by atoms with Gasteiger partial charge in [-0.3, -0.25) is 4.79 Å². The van der Waals surface area contributed by atoms with Gasteiger partial charge in [0.25, 0.3) is 12.3 Å². The Kier molecular flexibility index (Phi) is 6.75. The largest absolute Gasteiger partial charge is 0.491 e. The van der Waals surface area contributed by atoms with Gasteiger partial charge >= 0.3 is 0 Å². The van der Waals surface area contributed by atoms with Gasteiger partial charge in [-0.2, -0.15) is 0 Å². The molecule has 8 nitrogen and oxygen atoms in total. The molecule has 0 spiro atoms. The Morgan fingerprint density at radius 1 is 1.18 bits per heavy atom. The van der Waals surface area contributed by atoms with Gasteiger partial charge in [0, 0.05) is 17.3 Å². The van der Waals surface area contributed by atoms with E-state index in [2.05, 4.69) is 20.3 Å². The van der Waals surface area contributed by atoms with Crippen LogP contribution in [0.1, 0.15) is 22.3 Å². The molecule has 11 heteroatoms. The number of rotatable bonds is 8. The standard InChI is InChI=1S/C23H19F3N4O4/c24-12-7-17(23(33)29-19-3-1-2-6-27-19)20-18(8-12)28-22(30-20)15-5-4-14(9-16(15)21(25)26)34-11-13(32)10-31/h1-9,13,21,31-32H,10-11H2,(H,28,30)(H,27,29,33)/t13-/m1/s1. The maximum absolute atomic E-state index is 14.2. The van der Waals surface area contributed by atoms with Crippen LogP contribution in [0, 0.1) is 5.82 Å². The van der Waals surface area contributed by atoms with Gasteiger partial charge in [0.1, 0.15) is 41.4 Å². The normalized spacial score (nSPS) is 12.2. The number of imidazole rings is 1. The van der Waals surface area contributed by atoms with Gasteiger partial charge in [0.15, 0.2) is 0 Å². The second-order valence-corrected chi connectivity index (χ2v) is 7.30. The number of halogens is 3. The molecule has 0 saturated heterocycles. The molecule has 0 unspecified atom stereocenters. The molecule has 0 aliphatic rings. The molecular formula is C23H19F3N4O4. The number of carbonyl (C=O) groups excluding carboxylic acids is 1. The molecule has 2 aromatic heterocycles. The highest BCUT2D eigenvalue weighted by atomic mass is 19.3. The molecule has 1 atom stereocenters. The number of benzene rings is 2. The highest BCUT2D eigenvalue weighted by Crippen LogP contribution is 2.34. The molecular weight excluding hydrogens is 453 g/mol. The molecule has 0 fully saturated rings. The Balaban J connectivity index is 1.71. The predicted octanol–water partition coefficient (Wildman–Crippen LogP) is 3.69. The average molecular weight is 472 g/mol. The molecule has 34 heavy (non-hydrogen) atoms. The van der Waals surface area contributed by atoms with E-state index in [1.54, 1.807) is 18.2 Å². The molecule has 176 valence electrons. The minimum Gasteiger partial charge on any atom is -0.491 e. The van der Waals surface area contributed by atoms with Crippen LogP contribution in [0.4, 0.5) is 19.0 Å². The smallest absolute Gasteiger partial charge is 0.264 e. The summed E-state index contributed by atoms with van der Waals surface area (Å²) in [5.74, 6) is -1.06. The Morgan fingerprint density at radius 3 is 2.71 bits per heavy atom. The van der Waals surface area contributed by atoms with Crippen LogP contribution in [0.3, 0.4) is 0 Å². The van der Waals surface area contributed by atoms with Gasteiger partial charge in [-0.15, -0.1) is 0 Å². The first-order chi connectivity index (χ1) is 16.4. The summed E-state index contributed by atoms with van der Waals surface area (Å²) in [7, 11) is 0. The number of hydrogen-bond acceptors (Lipinski definition) is 6. The van der Waals surface area contributed by atoms with Crippen LogP contribution in [0.15, 0.2) is 54.7 Å². The first-order valence-electron chi connectivity index (χ1n) is 10.1. The number of aromatic nitrogens is 3. The Bertz CT molecular complexity index is 1310. The number of pyridine rings is 1. The van der Waals surface area contributed by atoms with Gasteiger partial charge in [-0.25, -0.2) is 23.1 Å². The van der Waals surface area contributed by atoms with Crippen LogP contribution in [-0.2, 0) is 0 Å². The van der Waals surface area contributed by atoms with Gasteiger partial charge in [-0.05, 0) is 42.5 Å². The summed E-state index contributed by atoms with van der Waals surface area (Å²) in [5.41, 5.74) is -0.253. The summed E-state index contributed by atoms with van der Waals surface area (Å²) in [6, 6.07) is 10.8. The van der Waals surface area contributed by atoms with Gasteiger partial charge in [-0.1, -0.05) is 6.07 Å². The van der Waals surface area contributed by atoms with Crippen molar-refractivity contribution >= 4 is 22.8 Å². The minimum absolute atomic E-state index is 0.00438. The molecule has 2 heterocycles. The third-order valence-corrected chi connectivity index (χ3v) is 4.87. The van der Waals surface area contributed by atoms with E-state index in [-0.39, 0.29) is 46.2 Å². The monoisotopic (exact) mass is 472 g/mol. The number of carbonyl (C=O) groups is 1. The Morgan fingerprint density at radius 2 is 2.00 bits per heavy atom. The van der Waals surface area contributed by atoms with E-state index in [0.717, 1.165) is 18.2 Å². The van der Waals surface area contributed by atoms with Crippen molar-refractivity contribution in [2.24, 2.45) is 0 Å². The van der Waals surface area contributed by atoms with E-state index in [1.165, 1.54) is 18.3 Å². The summed E-state index contributed by atoms with van der Waals surface area (Å²) in [6.07, 6.45) is -2.58. The molecule has 4 N–H and O–H groups in total. The second kappa shape index (κ2) is 9.89. The lowest BCUT2D eigenvalue weighted by Crippen LogP contribution is -2.21. The fourth-order valence-corrected chi connectivity index (χ4v) is 3.28. The van der Waals surface area contributed by atoms with Crippen LogP contribution in [-0.4, -0.2) is 50.4 Å². The van der Waals surface area contributed by atoms with Crippen LogP contribution >= 0.6 is 0 Å². The van der Waals surface area contributed by atoms with E-state index in [0.29, 0.717) is 0 Å². The number of anilines is 1. The number of alkyl halides is 2. The number of nitrogens with one attached hydrogen (secondary N) is 2. The van der Waals surface area contributed by atoms with Gasteiger partial charge in [0.05, 0.1) is 17.7 Å². The highest BCUT2D eigenvalue weighted by molar-refractivity contribution is 6.11. The van der Waals surface area contributed by atoms with Crippen molar-refractivity contribution < 1.29 is 32.9 Å². The van der Waals surface area contributed by atoms with E-state index in [1.807, 2.05) is 0 Å². The second-order valence-electron chi connectivity index (χ2n) is 7.30. The summed E-state index contributed by atoms with van der Waals surface area (Å²) in [5, 5.41) is 20.8. The van der Waals surface area contributed by atoms with E-state index >= 15 is 0 Å². The lowest BCUT2D eigenvalue weighted by molar-refractivity contribution is 0.0534. The summed E-state index contributed by atoms with van der Waals surface area (Å²) in [4.78, 5) is 23.8. The van der Waals surface area contributed by atoms with Crippen LogP contribution in [0.2, 0.25) is 0 Å². The van der Waals surface area contributed by atoms with E-state index in [9.17, 15) is 23.1 Å². The number of ether oxygens (including phenoxy) is 1. The zero-order valence-electron chi connectivity index (χ0n) is 17.5. The zero-order valence-corrected chi connectivity index (χ0v) is 17.5. The number of aliphatic hydroxyl groups excluding tert-OH is 2. The number of hydrogen-bond donors (Lipinski definition) is 4. The lowest BCUT2D eigenvalue weighted by atomic mass is 10.1. The molecule has 1 amide bonds. The van der Waals surface area contributed by atoms with Gasteiger partial charge < -0.3 is 25.3 Å². The van der Waals surface area contributed by atoms with Crippen molar-refractivity contribution in [1.82, 2.24) is 15.0 Å². The third kappa shape index (κ3) is 5.00. The fraction of sp³-hybridized carbons (Fsp3) is 0.174. The first-order valence-corrected chi connectivity index (χ1v) is 10.1. The van der Waals surface area contributed by atoms with Gasteiger partial charge in [0.2, 0.25) is 0 Å². The number of aliphatic hydroxyl groups is 2. The molecule has 0 bridgehead atoms. The molecule has 0 radical (unpaired) electrons. The predicted molar refractivity (Wildman–Crippen MR) is 117 cm³/mol. The van der Waals surface area contributed by atoms with Crippen molar-refractivity contribution in [3.05, 3.63) is 71.7 Å². The molecule has 2 aromatic carbocycles. The maximum atomic E-state index is 14.2. The van der Waals surface area contributed by atoms with Crippen molar-refractivity contribution in [1.29, 1.82) is 0 Å². The van der Waals surface area contributed by atoms with Crippen LogP contribution < -0.4 is 10.1 Å². The summed E-state index contributed by atoms with van der Waals surface area (Å²) in [6.45, 7) is -0.817. The van der Waals surface area contributed by atoms with Crippen molar-refractivity contribution in [2.45, 2.75) is 12.5 Å². The number of amides is 1. The van der Waals surface area contributed by atoms with Crippen LogP contribution in [0.5, 0.6) is 5.75 Å². The van der Waals surface area contributed by atoms with E-state index < -0.39 is 36.4 Å². The van der Waals surface area contributed by atoms with E-state index in [4.69, 9.17) is 9.84 Å². The molecule has 0 saturated carbocycles. The molecule has 0 aliphatic carbocycles. The first kappa shape index (κ1) is 23.2. The van der Waals surface area contributed by atoms with Crippen LogP contribution in [0.25, 0.3) is 22.4 Å². The number of nitrogens with zero attached hydrogens (tertiary/aromatic N) is 2. The molecule has 4 rings (SSSR count). The van der Waals surface area contributed by atoms with Crippen molar-refractivity contribution in [2.75, 3.05) is 18.5 Å². The Hall–Kier alpha value is -3.96. The average Bonchev–Trinajstić information content (AvgIpc) is 3.26. The Labute approximate surface area is 191 Å². The van der Waals surface area contributed by atoms with Crippen molar-refractivity contribution in [3.63, 3.8) is 0 Å². The molecule has 0 aliphatic heterocycles. The number of H-pyrrole nitrogens is 1. The fourth-order valence-electron chi connectivity index (χ4n) is 3.28. The SMILES string of the molecule is O=C(Nc1ccccn1)c1cc(F)cc2[nH]c(-c3ccc(OC[C@H](O)CO)cc3C(F)F)nc12. The number of aromatic amines is 1. The number of fused-ring (bicyclic) bond motifs is 1. The quantitative estimate of drug-likeness (QED) is 0.311. The summed E-state index contributed by atoms with van der Waals surface area (Å²) >= 11 is 0. The topological polar surface area (TPSA) is 120 Å². The highest BCUT2D eigenvalue weighted by Gasteiger charge is 2.21. The lowest BCUT2D eigenvalue weighted by Gasteiger charge is -2.13. The maximum Gasteiger partial charge on any atom is 0.264 e.